The van der Waals surface area contributed by atoms with Crippen LogP contribution in [0.2, 0.25) is 0 Å². The molecule has 0 aliphatic carbocycles. The van der Waals surface area contributed by atoms with E-state index in [1.165, 1.54) is 0 Å². The fourth-order valence-electron chi connectivity index (χ4n) is 1.40. The predicted octanol–water partition coefficient (Wildman–Crippen LogP) is 1.74. The number of carboxylic acid groups (broad SMARTS) is 1. The van der Waals surface area contributed by atoms with E-state index in [1.807, 2.05) is 6.92 Å². The maximum Gasteiger partial charge on any atom is 0.355 e. The molecule has 78 valence electrons. The average Bonchev–Trinajstić information content (AvgIpc) is 2.53. The van der Waals surface area contributed by atoms with Crippen LogP contribution in [0.1, 0.15) is 16.1 Å². The van der Waals surface area contributed by atoms with Gasteiger partial charge in [0, 0.05) is 7.05 Å². The number of carbonyl (C=O) groups is 1. The number of rotatable bonds is 1. The van der Waals surface area contributed by atoms with Gasteiger partial charge in [-0.2, -0.15) is 0 Å². The number of fused-ring (bicyclic) bond motifs is 1. The Morgan fingerprint density at radius 3 is 2.87 bits per heavy atom. The Hall–Kier alpha value is -1.43. The Labute approximate surface area is 93.9 Å². The second-order valence-corrected chi connectivity index (χ2v) is 4.03. The quantitative estimate of drug-likeness (QED) is 0.856. The molecule has 0 bridgehead atoms. The van der Waals surface area contributed by atoms with Crippen molar-refractivity contribution in [3.05, 3.63) is 22.1 Å². The van der Waals surface area contributed by atoms with Crippen LogP contribution in [-0.4, -0.2) is 25.6 Å². The lowest BCUT2D eigenvalue weighted by Gasteiger charge is -2.03. The van der Waals surface area contributed by atoms with E-state index in [0.717, 1.165) is 11.1 Å². The van der Waals surface area contributed by atoms with Crippen LogP contribution in [0.25, 0.3) is 11.2 Å². The van der Waals surface area contributed by atoms with E-state index < -0.39 is 5.97 Å². The van der Waals surface area contributed by atoms with Gasteiger partial charge in [0.05, 0.1) is 10.8 Å². The van der Waals surface area contributed by atoms with Gasteiger partial charge in [-0.1, -0.05) is 0 Å². The van der Waals surface area contributed by atoms with Gasteiger partial charge in [-0.15, -0.1) is 0 Å². The lowest BCUT2D eigenvalue weighted by Crippen LogP contribution is -2.04. The molecule has 2 heterocycles. The van der Waals surface area contributed by atoms with E-state index in [-0.39, 0.29) is 5.69 Å². The molecule has 2 aromatic heterocycles. The highest BCUT2D eigenvalue weighted by Crippen LogP contribution is 2.26. The molecular formula is C9H8BrN3O2. The van der Waals surface area contributed by atoms with Crippen molar-refractivity contribution in [2.24, 2.45) is 7.05 Å². The van der Waals surface area contributed by atoms with E-state index in [4.69, 9.17) is 5.11 Å². The predicted molar refractivity (Wildman–Crippen MR) is 57.9 cm³/mol. The summed E-state index contributed by atoms with van der Waals surface area (Å²) in [4.78, 5) is 19.1. The normalized spacial score (nSPS) is 10.9. The Bertz CT molecular complexity index is 562. The Morgan fingerprint density at radius 2 is 2.27 bits per heavy atom. The molecule has 2 rings (SSSR count). The van der Waals surface area contributed by atoms with Gasteiger partial charge < -0.3 is 9.67 Å². The molecule has 0 aliphatic rings. The van der Waals surface area contributed by atoms with E-state index in [2.05, 4.69) is 25.9 Å². The molecule has 0 saturated heterocycles. The van der Waals surface area contributed by atoms with E-state index >= 15 is 0 Å². The Morgan fingerprint density at radius 1 is 1.60 bits per heavy atom. The zero-order valence-corrected chi connectivity index (χ0v) is 9.74. The van der Waals surface area contributed by atoms with Crippen LogP contribution in [-0.2, 0) is 7.05 Å². The summed E-state index contributed by atoms with van der Waals surface area (Å²) in [5.41, 5.74) is 2.10. The summed E-state index contributed by atoms with van der Waals surface area (Å²) >= 11 is 3.22. The van der Waals surface area contributed by atoms with Crippen molar-refractivity contribution in [3.63, 3.8) is 0 Å². The molecule has 0 saturated carbocycles. The molecule has 0 atom stereocenters. The van der Waals surface area contributed by atoms with Crippen molar-refractivity contribution in [2.45, 2.75) is 6.92 Å². The Balaban J connectivity index is 2.91. The van der Waals surface area contributed by atoms with Crippen LogP contribution >= 0.6 is 15.9 Å². The van der Waals surface area contributed by atoms with Gasteiger partial charge in [-0.3, -0.25) is 0 Å². The summed E-state index contributed by atoms with van der Waals surface area (Å²) in [5.74, 6) is -1.05. The minimum Gasteiger partial charge on any atom is -0.476 e. The van der Waals surface area contributed by atoms with Crippen LogP contribution in [0, 0.1) is 6.92 Å². The van der Waals surface area contributed by atoms with Crippen molar-refractivity contribution < 1.29 is 9.90 Å². The highest BCUT2D eigenvalue weighted by atomic mass is 79.9. The number of hydrogen-bond donors (Lipinski definition) is 1. The SMILES string of the molecule is Cc1c(Br)c(C(=O)O)nc2c1ncn2C. The molecule has 0 spiro atoms. The molecule has 15 heavy (non-hydrogen) atoms. The number of imidazole rings is 1. The van der Waals surface area contributed by atoms with E-state index in [9.17, 15) is 4.79 Å². The number of aromatic nitrogens is 3. The first-order valence-electron chi connectivity index (χ1n) is 4.22. The first-order chi connectivity index (χ1) is 7.02. The summed E-state index contributed by atoms with van der Waals surface area (Å²) in [6, 6.07) is 0. The number of halogens is 1. The van der Waals surface area contributed by atoms with E-state index in [0.29, 0.717) is 10.1 Å². The maximum absolute atomic E-state index is 10.9. The fourth-order valence-corrected chi connectivity index (χ4v) is 1.84. The van der Waals surface area contributed by atoms with Crippen LogP contribution in [0.5, 0.6) is 0 Å². The molecule has 1 N–H and O–H groups in total. The van der Waals surface area contributed by atoms with Crippen molar-refractivity contribution in [3.8, 4) is 0 Å². The smallest absolute Gasteiger partial charge is 0.355 e. The first-order valence-corrected chi connectivity index (χ1v) is 5.02. The minimum atomic E-state index is -1.05. The number of aromatic carboxylic acids is 1. The summed E-state index contributed by atoms with van der Waals surface area (Å²) < 4.78 is 2.18. The summed E-state index contributed by atoms with van der Waals surface area (Å²) in [6.45, 7) is 1.81. The van der Waals surface area contributed by atoms with Gasteiger partial charge in [0.1, 0.15) is 5.52 Å². The molecule has 0 fully saturated rings. The summed E-state index contributed by atoms with van der Waals surface area (Å²) in [6.07, 6.45) is 1.61. The van der Waals surface area contributed by atoms with Gasteiger partial charge in [-0.05, 0) is 28.4 Å². The molecule has 0 amide bonds. The van der Waals surface area contributed by atoms with Crippen molar-refractivity contribution in [1.29, 1.82) is 0 Å². The highest BCUT2D eigenvalue weighted by molar-refractivity contribution is 9.10. The number of hydrogen-bond acceptors (Lipinski definition) is 3. The van der Waals surface area contributed by atoms with Gasteiger partial charge >= 0.3 is 5.97 Å². The lowest BCUT2D eigenvalue weighted by atomic mass is 10.2. The topological polar surface area (TPSA) is 68.0 Å². The third kappa shape index (κ3) is 1.41. The molecule has 0 aromatic carbocycles. The average molecular weight is 270 g/mol. The standard InChI is InChI=1S/C9H8BrN3O2/c1-4-5(10)7(9(14)15)12-8-6(4)11-3-13(8)2/h3H,1-2H3,(H,14,15). The third-order valence-electron chi connectivity index (χ3n) is 2.22. The van der Waals surface area contributed by atoms with Crippen LogP contribution in [0.15, 0.2) is 10.8 Å². The zero-order valence-electron chi connectivity index (χ0n) is 8.15. The van der Waals surface area contributed by atoms with Crippen molar-refractivity contribution in [2.75, 3.05) is 0 Å². The van der Waals surface area contributed by atoms with Crippen LogP contribution in [0.4, 0.5) is 0 Å². The molecule has 0 radical (unpaired) electrons. The largest absolute Gasteiger partial charge is 0.476 e. The fraction of sp³-hybridized carbons (Fsp3) is 0.222. The molecular weight excluding hydrogens is 262 g/mol. The van der Waals surface area contributed by atoms with Gasteiger partial charge in [0.2, 0.25) is 0 Å². The molecule has 0 unspecified atom stereocenters. The molecule has 0 aliphatic heterocycles. The third-order valence-corrected chi connectivity index (χ3v) is 3.19. The second kappa shape index (κ2) is 3.30. The van der Waals surface area contributed by atoms with Crippen molar-refractivity contribution in [1.82, 2.24) is 14.5 Å². The second-order valence-electron chi connectivity index (χ2n) is 3.23. The van der Waals surface area contributed by atoms with Gasteiger partial charge in [0.25, 0.3) is 0 Å². The van der Waals surface area contributed by atoms with E-state index in [1.54, 1.807) is 17.9 Å². The Kier molecular flexibility index (Phi) is 2.22. The first kappa shape index (κ1) is 10.1. The maximum atomic E-state index is 10.9. The molecule has 2 aromatic rings. The van der Waals surface area contributed by atoms with Crippen LogP contribution < -0.4 is 0 Å². The summed E-state index contributed by atoms with van der Waals surface area (Å²) in [5, 5.41) is 8.96. The number of aryl methyl sites for hydroxylation is 2. The van der Waals surface area contributed by atoms with Gasteiger partial charge in [-0.25, -0.2) is 14.8 Å². The zero-order chi connectivity index (χ0) is 11.2. The summed E-state index contributed by atoms with van der Waals surface area (Å²) in [7, 11) is 1.78. The minimum absolute atomic E-state index is 0.0172. The highest BCUT2D eigenvalue weighted by Gasteiger charge is 2.17. The van der Waals surface area contributed by atoms with Crippen LogP contribution in [0.3, 0.4) is 0 Å². The number of pyridine rings is 1. The lowest BCUT2D eigenvalue weighted by molar-refractivity contribution is 0.0689. The van der Waals surface area contributed by atoms with Crippen molar-refractivity contribution >= 4 is 33.1 Å². The number of nitrogens with zero attached hydrogens (tertiary/aromatic N) is 3. The monoisotopic (exact) mass is 269 g/mol. The van der Waals surface area contributed by atoms with Gasteiger partial charge in [0.15, 0.2) is 11.3 Å². The molecule has 6 heteroatoms. The number of carboxylic acids is 1. The molecule has 5 nitrogen and oxygen atoms in total.